The van der Waals surface area contributed by atoms with Crippen LogP contribution in [-0.4, -0.2) is 9.79 Å². The molecule has 0 spiro atoms. The number of hydrogen-bond acceptors (Lipinski definition) is 3. The van der Waals surface area contributed by atoms with Crippen molar-refractivity contribution in [2.45, 2.75) is 71.1 Å². The Morgan fingerprint density at radius 1 is 0.810 bits per heavy atom. The smallest absolute Gasteiger partial charge is 0.131 e. The van der Waals surface area contributed by atoms with Crippen LogP contribution in [-0.2, 0) is 13.4 Å². The molecule has 0 bridgehead atoms. The maximum atomic E-state index is 9.39. The van der Waals surface area contributed by atoms with Crippen molar-refractivity contribution in [2.24, 2.45) is 17.8 Å². The Morgan fingerprint density at radius 3 is 1.38 bits per heavy atom. The monoisotopic (exact) mass is 338 g/mol. The van der Waals surface area contributed by atoms with Crippen LogP contribution in [0.5, 0.6) is 0 Å². The summed E-state index contributed by atoms with van der Waals surface area (Å²) in [7, 11) is -5.85. The Morgan fingerprint density at radius 2 is 1.14 bits per heavy atom. The summed E-state index contributed by atoms with van der Waals surface area (Å²) >= 11 is 0. The Bertz CT molecular complexity index is 295. The highest BCUT2D eigenvalue weighted by Gasteiger charge is 2.31. The minimum atomic E-state index is -2.92. The van der Waals surface area contributed by atoms with Crippen LogP contribution in [0.25, 0.3) is 0 Å². The fourth-order valence-electron chi connectivity index (χ4n) is 3.76. The maximum absolute atomic E-state index is 9.39. The van der Waals surface area contributed by atoms with Gasteiger partial charge in [-0.3, -0.25) is 0 Å². The molecule has 2 rings (SSSR count). The fourth-order valence-corrected chi connectivity index (χ4v) is 4.24. The molecule has 2 unspecified atom stereocenters. The van der Waals surface area contributed by atoms with Crippen molar-refractivity contribution in [1.82, 2.24) is 0 Å². The highest BCUT2D eigenvalue weighted by Crippen LogP contribution is 2.39. The van der Waals surface area contributed by atoms with Gasteiger partial charge in [0.15, 0.2) is 4.31 Å². The molecule has 2 N–H and O–H groups in total. The predicted molar refractivity (Wildman–Crippen MR) is 83.0 cm³/mol. The van der Waals surface area contributed by atoms with Gasteiger partial charge in [-0.2, -0.15) is 0 Å². The molecule has 2 aliphatic rings. The lowest BCUT2D eigenvalue weighted by Crippen LogP contribution is -2.24. The lowest BCUT2D eigenvalue weighted by molar-refractivity contribution is 0.159. The van der Waals surface area contributed by atoms with Crippen LogP contribution in [0.15, 0.2) is 0 Å². The van der Waals surface area contributed by atoms with Crippen molar-refractivity contribution in [3.8, 4) is 0 Å². The summed E-state index contributed by atoms with van der Waals surface area (Å²) in [5.41, 5.74) is 0. The summed E-state index contributed by atoms with van der Waals surface area (Å²) in [6, 6.07) is 0. The Hall–Kier alpha value is 0.0800. The van der Waals surface area contributed by atoms with Crippen molar-refractivity contribution in [2.75, 3.05) is 0 Å². The van der Waals surface area contributed by atoms with Crippen LogP contribution in [0.1, 0.15) is 71.1 Å². The summed E-state index contributed by atoms with van der Waals surface area (Å²) in [5, 5.41) is 0. The molecule has 2 aliphatic carbocycles. The summed E-state index contributed by atoms with van der Waals surface area (Å²) in [6.45, 7) is 2.55. The molecule has 5 nitrogen and oxygen atoms in total. The van der Waals surface area contributed by atoms with Gasteiger partial charge >= 0.3 is 16.5 Å². The van der Waals surface area contributed by atoms with E-state index in [2.05, 4.69) is 11.2 Å². The molecule has 7 heteroatoms. The van der Waals surface area contributed by atoms with Gasteiger partial charge < -0.3 is 0 Å². The molecule has 0 amide bonds. The van der Waals surface area contributed by atoms with E-state index in [1.54, 1.807) is 0 Å². The van der Waals surface area contributed by atoms with Gasteiger partial charge in [0.25, 0.3) is 0 Å². The quantitative estimate of drug-likeness (QED) is 0.698. The molecule has 0 aliphatic heterocycles. The van der Waals surface area contributed by atoms with Crippen LogP contribution >= 0.6 is 16.5 Å². The first-order valence-electron chi connectivity index (χ1n) is 8.01. The lowest BCUT2D eigenvalue weighted by Gasteiger charge is -2.35. The predicted octanol–water partition coefficient (Wildman–Crippen LogP) is 5.09. The summed E-state index contributed by atoms with van der Waals surface area (Å²) in [5.74, 6) is 3.22. The van der Waals surface area contributed by atoms with Crippen LogP contribution in [0.3, 0.4) is 0 Å². The third kappa shape index (κ3) is 8.32. The van der Waals surface area contributed by atoms with E-state index in [1.165, 1.54) is 64.2 Å². The van der Waals surface area contributed by atoms with E-state index in [0.29, 0.717) is 0 Å². The third-order valence-corrected chi connectivity index (χ3v) is 6.04. The Kier molecular flexibility index (Phi) is 9.79. The SMILES string of the molecule is CC(C1CCCCC1)C1CCCCC1.O=[P+](O)O[P+](=O)O. The maximum Gasteiger partial charge on any atom is 0.745 e. The molecular weight excluding hydrogens is 310 g/mol. The molecule has 21 heavy (non-hydrogen) atoms. The Balaban J connectivity index is 0.000000270. The second-order valence-electron chi connectivity index (χ2n) is 6.21. The van der Waals surface area contributed by atoms with Crippen molar-refractivity contribution in [3.05, 3.63) is 0 Å². The van der Waals surface area contributed by atoms with Gasteiger partial charge in [0.05, 0.1) is 0 Å². The zero-order valence-corrected chi connectivity index (χ0v) is 14.6. The minimum Gasteiger partial charge on any atom is -0.131 e. The van der Waals surface area contributed by atoms with Gasteiger partial charge in [-0.25, -0.2) is 0 Å². The lowest BCUT2D eigenvalue weighted by atomic mass is 9.71. The van der Waals surface area contributed by atoms with Gasteiger partial charge in [0, 0.05) is 9.13 Å². The van der Waals surface area contributed by atoms with Crippen LogP contribution in [0, 0.1) is 17.8 Å². The van der Waals surface area contributed by atoms with E-state index in [9.17, 15) is 9.13 Å². The molecule has 2 fully saturated rings. The van der Waals surface area contributed by atoms with Gasteiger partial charge in [0.2, 0.25) is 0 Å². The van der Waals surface area contributed by atoms with Crippen molar-refractivity contribution >= 4 is 16.5 Å². The second-order valence-corrected chi connectivity index (χ2v) is 7.82. The third-order valence-electron chi connectivity index (χ3n) is 4.93. The van der Waals surface area contributed by atoms with E-state index in [4.69, 9.17) is 9.79 Å². The first-order chi connectivity index (χ1) is 10.0. The molecule has 0 aromatic carbocycles. The van der Waals surface area contributed by atoms with E-state index in [-0.39, 0.29) is 0 Å². The first-order valence-corrected chi connectivity index (χ1v) is 10.3. The molecule has 0 heterocycles. The van der Waals surface area contributed by atoms with Gasteiger partial charge in [-0.1, -0.05) is 71.1 Å². The number of rotatable bonds is 4. The van der Waals surface area contributed by atoms with Crippen LogP contribution < -0.4 is 0 Å². The van der Waals surface area contributed by atoms with Crippen LogP contribution in [0.4, 0.5) is 0 Å². The molecule has 0 aromatic heterocycles. The number of hydrogen-bond donors (Lipinski definition) is 2. The minimum absolute atomic E-state index is 1.04. The first kappa shape index (κ1) is 19.1. The topological polar surface area (TPSA) is 83.8 Å². The molecule has 0 aromatic rings. The van der Waals surface area contributed by atoms with E-state index in [1.807, 2.05) is 0 Å². The van der Waals surface area contributed by atoms with E-state index >= 15 is 0 Å². The molecule has 122 valence electrons. The molecular formula is C14H28O5P2+2. The fraction of sp³-hybridized carbons (Fsp3) is 1.00. The second kappa shape index (κ2) is 10.7. The van der Waals surface area contributed by atoms with Gasteiger partial charge in [-0.05, 0) is 17.8 Å². The normalized spacial score (nSPS) is 22.5. The van der Waals surface area contributed by atoms with Crippen LogP contribution in [0.2, 0.25) is 0 Å². The average molecular weight is 338 g/mol. The van der Waals surface area contributed by atoms with Crippen molar-refractivity contribution in [1.29, 1.82) is 0 Å². The standard InChI is InChI=1S/C14H26.O5P2/c1-12(13-8-4-2-5-9-13)14-10-6-3-7-11-14;1-6(2)5-7(3)4/h12-14H,2-11H2,1H3;/p+2. The Labute approximate surface area is 129 Å². The molecule has 0 radical (unpaired) electrons. The highest BCUT2D eigenvalue weighted by atomic mass is 31.2. The average Bonchev–Trinajstić information content (AvgIpc) is 2.47. The van der Waals surface area contributed by atoms with Crippen molar-refractivity contribution in [3.63, 3.8) is 0 Å². The zero-order chi connectivity index (χ0) is 15.7. The summed E-state index contributed by atoms with van der Waals surface area (Å²) in [4.78, 5) is 15.3. The summed E-state index contributed by atoms with van der Waals surface area (Å²) < 4.78 is 22.2. The molecule has 2 saturated carbocycles. The largest absolute Gasteiger partial charge is 0.745 e. The van der Waals surface area contributed by atoms with E-state index in [0.717, 1.165) is 17.8 Å². The highest BCUT2D eigenvalue weighted by molar-refractivity contribution is 7.46. The van der Waals surface area contributed by atoms with Gasteiger partial charge in [-0.15, -0.1) is 9.79 Å². The zero-order valence-electron chi connectivity index (χ0n) is 12.8. The van der Waals surface area contributed by atoms with Gasteiger partial charge in [0.1, 0.15) is 0 Å². The van der Waals surface area contributed by atoms with Crippen molar-refractivity contribution < 1.29 is 23.2 Å². The van der Waals surface area contributed by atoms with E-state index < -0.39 is 16.5 Å². The molecule has 2 atom stereocenters. The summed E-state index contributed by atoms with van der Waals surface area (Å²) in [6.07, 6.45) is 15.2. The molecule has 0 saturated heterocycles.